The molecule has 0 aromatic carbocycles. The van der Waals surface area contributed by atoms with Gasteiger partial charge in [-0.3, -0.25) is 4.98 Å². The third-order valence-electron chi connectivity index (χ3n) is 1.81. The van der Waals surface area contributed by atoms with Crippen molar-refractivity contribution in [1.29, 1.82) is 0 Å². The number of methoxy groups -OCH3 is 1. The fraction of sp³-hybridized carbons (Fsp3) is 0.333. The van der Waals surface area contributed by atoms with E-state index >= 15 is 0 Å². The first-order valence-electron chi connectivity index (χ1n) is 3.99. The van der Waals surface area contributed by atoms with Gasteiger partial charge in [-0.25, -0.2) is 4.79 Å². The first-order chi connectivity index (χ1) is 6.65. The molecule has 0 saturated carbocycles. The standard InChI is InChI=1S/C9H11NO3S/c1-6-7(5-14-9(11)12)10-4-3-8(6)13-2/h3-4H,5H2,1-2H3,(H,11,12). The predicted molar refractivity (Wildman–Crippen MR) is 54.8 cm³/mol. The van der Waals surface area contributed by atoms with Crippen molar-refractivity contribution < 1.29 is 14.6 Å². The maximum Gasteiger partial charge on any atom is 0.365 e. The molecule has 0 bridgehead atoms. The van der Waals surface area contributed by atoms with Gasteiger partial charge >= 0.3 is 5.30 Å². The zero-order valence-corrected chi connectivity index (χ0v) is 8.80. The zero-order chi connectivity index (χ0) is 10.6. The highest BCUT2D eigenvalue weighted by Gasteiger charge is 2.07. The van der Waals surface area contributed by atoms with Gasteiger partial charge in [-0.2, -0.15) is 0 Å². The molecule has 1 heterocycles. The summed E-state index contributed by atoms with van der Waals surface area (Å²) in [6, 6.07) is 1.75. The van der Waals surface area contributed by atoms with Crippen LogP contribution in [0.3, 0.4) is 0 Å². The van der Waals surface area contributed by atoms with E-state index < -0.39 is 5.30 Å². The number of nitrogens with zero attached hydrogens (tertiary/aromatic N) is 1. The minimum absolute atomic E-state index is 0.359. The van der Waals surface area contributed by atoms with Gasteiger partial charge in [0.25, 0.3) is 0 Å². The first-order valence-corrected chi connectivity index (χ1v) is 4.98. The predicted octanol–water partition coefficient (Wildman–Crippen LogP) is 2.31. The molecule has 0 aliphatic carbocycles. The van der Waals surface area contributed by atoms with Crippen LogP contribution >= 0.6 is 11.8 Å². The Labute approximate surface area is 86.3 Å². The molecule has 14 heavy (non-hydrogen) atoms. The maximum atomic E-state index is 10.3. The Hall–Kier alpha value is -1.23. The lowest BCUT2D eigenvalue weighted by Crippen LogP contribution is -1.97. The second kappa shape index (κ2) is 4.85. The molecule has 4 nitrogen and oxygen atoms in total. The van der Waals surface area contributed by atoms with E-state index in [2.05, 4.69) is 4.98 Å². The Morgan fingerprint density at radius 3 is 3.00 bits per heavy atom. The van der Waals surface area contributed by atoms with E-state index in [4.69, 9.17) is 9.84 Å². The lowest BCUT2D eigenvalue weighted by molar-refractivity contribution is 0.222. The fourth-order valence-electron chi connectivity index (χ4n) is 1.06. The highest BCUT2D eigenvalue weighted by atomic mass is 32.2. The summed E-state index contributed by atoms with van der Waals surface area (Å²) in [5, 5.41) is 7.60. The van der Waals surface area contributed by atoms with Crippen molar-refractivity contribution >= 4 is 17.1 Å². The molecule has 76 valence electrons. The molecule has 0 aliphatic heterocycles. The number of aromatic nitrogens is 1. The number of rotatable bonds is 3. The van der Waals surface area contributed by atoms with Crippen molar-refractivity contribution in [2.24, 2.45) is 0 Å². The number of ether oxygens (including phenoxy) is 1. The zero-order valence-electron chi connectivity index (χ0n) is 7.98. The van der Waals surface area contributed by atoms with Gasteiger partial charge in [-0.15, -0.1) is 0 Å². The second-order valence-electron chi connectivity index (χ2n) is 2.64. The molecule has 0 unspecified atom stereocenters. The summed E-state index contributed by atoms with van der Waals surface area (Å²) in [7, 11) is 1.58. The topological polar surface area (TPSA) is 59.4 Å². The Morgan fingerprint density at radius 1 is 1.71 bits per heavy atom. The summed E-state index contributed by atoms with van der Waals surface area (Å²) in [6.07, 6.45) is 1.61. The number of carboxylic acid groups (broad SMARTS) is 1. The molecule has 0 atom stereocenters. The molecule has 0 spiro atoms. The Balaban J connectivity index is 2.81. The summed E-state index contributed by atoms with van der Waals surface area (Å²) in [5.41, 5.74) is 1.64. The van der Waals surface area contributed by atoms with Crippen LogP contribution in [0.2, 0.25) is 0 Å². The van der Waals surface area contributed by atoms with Crippen LogP contribution < -0.4 is 4.74 Å². The summed E-state index contributed by atoms with van der Waals surface area (Å²) < 4.78 is 5.10. The molecule has 5 heteroatoms. The summed E-state index contributed by atoms with van der Waals surface area (Å²) in [6.45, 7) is 1.86. The molecular formula is C9H11NO3S. The normalized spacial score (nSPS) is 9.86. The van der Waals surface area contributed by atoms with Crippen LogP contribution in [0.4, 0.5) is 4.79 Å². The SMILES string of the molecule is COc1ccnc(CSC(=O)O)c1C. The van der Waals surface area contributed by atoms with Crippen molar-refractivity contribution in [1.82, 2.24) is 4.98 Å². The summed E-state index contributed by atoms with van der Waals surface area (Å²) in [5.74, 6) is 1.10. The van der Waals surface area contributed by atoms with E-state index in [1.54, 1.807) is 19.4 Å². The van der Waals surface area contributed by atoms with Crippen molar-refractivity contribution in [2.45, 2.75) is 12.7 Å². The van der Waals surface area contributed by atoms with Gasteiger partial charge in [0.15, 0.2) is 0 Å². The van der Waals surface area contributed by atoms with Crippen molar-refractivity contribution in [3.63, 3.8) is 0 Å². The van der Waals surface area contributed by atoms with Crippen LogP contribution in [-0.2, 0) is 5.75 Å². The fourth-order valence-corrected chi connectivity index (χ4v) is 1.61. The molecule has 1 rings (SSSR count). The van der Waals surface area contributed by atoms with E-state index in [0.29, 0.717) is 5.75 Å². The van der Waals surface area contributed by atoms with Gasteiger partial charge in [0.1, 0.15) is 5.75 Å². The van der Waals surface area contributed by atoms with E-state index in [1.807, 2.05) is 6.92 Å². The summed E-state index contributed by atoms with van der Waals surface area (Å²) >= 11 is 0.816. The highest BCUT2D eigenvalue weighted by molar-refractivity contribution is 8.12. The molecule has 0 amide bonds. The van der Waals surface area contributed by atoms with Crippen LogP contribution in [-0.4, -0.2) is 22.5 Å². The van der Waals surface area contributed by atoms with Crippen LogP contribution in [0.1, 0.15) is 11.3 Å². The third kappa shape index (κ3) is 2.63. The largest absolute Gasteiger partial charge is 0.496 e. The molecule has 0 aliphatic rings. The smallest absolute Gasteiger partial charge is 0.365 e. The van der Waals surface area contributed by atoms with E-state index in [9.17, 15) is 4.79 Å². The van der Waals surface area contributed by atoms with Crippen LogP contribution in [0.15, 0.2) is 12.3 Å². The molecular weight excluding hydrogens is 202 g/mol. The number of hydrogen-bond acceptors (Lipinski definition) is 4. The van der Waals surface area contributed by atoms with E-state index in [0.717, 1.165) is 28.8 Å². The average molecular weight is 213 g/mol. The molecule has 1 aromatic heterocycles. The van der Waals surface area contributed by atoms with Gasteiger partial charge < -0.3 is 9.84 Å². The van der Waals surface area contributed by atoms with Crippen molar-refractivity contribution in [3.8, 4) is 5.75 Å². The highest BCUT2D eigenvalue weighted by Crippen LogP contribution is 2.22. The van der Waals surface area contributed by atoms with Crippen LogP contribution in [0.25, 0.3) is 0 Å². The van der Waals surface area contributed by atoms with Crippen LogP contribution in [0, 0.1) is 6.92 Å². The lowest BCUT2D eigenvalue weighted by Gasteiger charge is -2.07. The van der Waals surface area contributed by atoms with E-state index in [-0.39, 0.29) is 0 Å². The minimum Gasteiger partial charge on any atom is -0.496 e. The van der Waals surface area contributed by atoms with E-state index in [1.165, 1.54) is 0 Å². The Bertz CT molecular complexity index is 341. The molecule has 1 N–H and O–H groups in total. The number of thioether (sulfide) groups is 1. The van der Waals surface area contributed by atoms with Gasteiger partial charge in [0.2, 0.25) is 0 Å². The quantitative estimate of drug-likeness (QED) is 0.834. The number of pyridine rings is 1. The van der Waals surface area contributed by atoms with Gasteiger partial charge in [-0.1, -0.05) is 0 Å². The second-order valence-corrected chi connectivity index (χ2v) is 3.57. The Morgan fingerprint density at radius 2 is 2.43 bits per heavy atom. The molecule has 0 radical (unpaired) electrons. The Kier molecular flexibility index (Phi) is 3.76. The average Bonchev–Trinajstić information content (AvgIpc) is 2.16. The van der Waals surface area contributed by atoms with Gasteiger partial charge in [-0.05, 0) is 24.8 Å². The molecule has 1 aromatic rings. The van der Waals surface area contributed by atoms with Gasteiger partial charge in [0, 0.05) is 17.5 Å². The lowest BCUT2D eigenvalue weighted by atomic mass is 10.2. The maximum absolute atomic E-state index is 10.3. The number of hydrogen-bond donors (Lipinski definition) is 1. The van der Waals surface area contributed by atoms with Crippen molar-refractivity contribution in [2.75, 3.05) is 7.11 Å². The molecule has 0 saturated heterocycles. The third-order valence-corrected chi connectivity index (χ3v) is 2.48. The summed E-state index contributed by atoms with van der Waals surface area (Å²) in [4.78, 5) is 14.4. The number of carbonyl (C=O) groups is 1. The molecule has 0 fully saturated rings. The van der Waals surface area contributed by atoms with Crippen LogP contribution in [0.5, 0.6) is 5.75 Å². The minimum atomic E-state index is -0.894. The van der Waals surface area contributed by atoms with Crippen molar-refractivity contribution in [3.05, 3.63) is 23.5 Å². The van der Waals surface area contributed by atoms with Gasteiger partial charge in [0.05, 0.1) is 12.8 Å². The first kappa shape index (κ1) is 10.8. The monoisotopic (exact) mass is 213 g/mol.